The summed E-state index contributed by atoms with van der Waals surface area (Å²) in [5.41, 5.74) is 0.984. The van der Waals surface area contributed by atoms with Crippen LogP contribution in [-0.4, -0.2) is 6.10 Å². The molecule has 0 bridgehead atoms. The molecule has 0 aromatic heterocycles. The summed E-state index contributed by atoms with van der Waals surface area (Å²) in [4.78, 5) is 0. The summed E-state index contributed by atoms with van der Waals surface area (Å²) in [5.74, 6) is 0.653. The van der Waals surface area contributed by atoms with Crippen molar-refractivity contribution in [2.75, 3.05) is 0 Å². The summed E-state index contributed by atoms with van der Waals surface area (Å²) < 4.78 is 18.0. The maximum atomic E-state index is 12.6. The van der Waals surface area contributed by atoms with Gasteiger partial charge in [0.05, 0.1) is 0 Å². The van der Waals surface area contributed by atoms with Crippen molar-refractivity contribution in [3.05, 3.63) is 29.6 Å². The second kappa shape index (κ2) is 2.22. The Morgan fingerprint density at radius 2 is 2.36 bits per heavy atom. The van der Waals surface area contributed by atoms with Gasteiger partial charge in [0, 0.05) is 12.0 Å². The van der Waals surface area contributed by atoms with Crippen molar-refractivity contribution >= 4 is 0 Å². The fourth-order valence-electron chi connectivity index (χ4n) is 1.39. The van der Waals surface area contributed by atoms with E-state index >= 15 is 0 Å². The summed E-state index contributed by atoms with van der Waals surface area (Å²) in [6.45, 7) is 1.98. The molecular formula is C9H9FO. The van der Waals surface area contributed by atoms with Crippen LogP contribution in [0, 0.1) is 5.82 Å². The molecule has 2 heteroatoms. The molecule has 0 aliphatic carbocycles. The zero-order valence-corrected chi connectivity index (χ0v) is 6.30. The Kier molecular flexibility index (Phi) is 1.34. The van der Waals surface area contributed by atoms with Crippen LogP contribution in [-0.2, 0) is 6.42 Å². The molecule has 1 aliphatic rings. The first-order valence-electron chi connectivity index (χ1n) is 3.71. The van der Waals surface area contributed by atoms with Crippen molar-refractivity contribution in [3.63, 3.8) is 0 Å². The number of hydrogen-bond acceptors (Lipinski definition) is 1. The van der Waals surface area contributed by atoms with Crippen LogP contribution >= 0.6 is 0 Å². The van der Waals surface area contributed by atoms with E-state index in [2.05, 4.69) is 0 Å². The van der Waals surface area contributed by atoms with Crippen molar-refractivity contribution in [3.8, 4) is 5.75 Å². The molecule has 0 radical (unpaired) electrons. The third kappa shape index (κ3) is 1.09. The SMILES string of the molecule is CC1Cc2cc(F)ccc2O1. The molecule has 1 heterocycles. The van der Waals surface area contributed by atoms with Crippen LogP contribution in [0.25, 0.3) is 0 Å². The van der Waals surface area contributed by atoms with Gasteiger partial charge in [-0.15, -0.1) is 0 Å². The summed E-state index contributed by atoms with van der Waals surface area (Å²) in [5, 5.41) is 0. The van der Waals surface area contributed by atoms with Crippen molar-refractivity contribution < 1.29 is 9.13 Å². The first-order valence-corrected chi connectivity index (χ1v) is 3.71. The fraction of sp³-hybridized carbons (Fsp3) is 0.333. The minimum atomic E-state index is -0.179. The van der Waals surface area contributed by atoms with Crippen LogP contribution in [0.1, 0.15) is 12.5 Å². The molecule has 1 aromatic rings. The van der Waals surface area contributed by atoms with Gasteiger partial charge in [-0.25, -0.2) is 4.39 Å². The Hall–Kier alpha value is -1.05. The average molecular weight is 152 g/mol. The summed E-state index contributed by atoms with van der Waals surface area (Å²) in [6.07, 6.45) is 1.03. The molecule has 0 saturated carbocycles. The van der Waals surface area contributed by atoms with Gasteiger partial charge in [0.15, 0.2) is 0 Å². The lowest BCUT2D eigenvalue weighted by atomic mass is 10.1. The first kappa shape index (κ1) is 6.65. The van der Waals surface area contributed by atoms with Crippen molar-refractivity contribution in [2.24, 2.45) is 0 Å². The van der Waals surface area contributed by atoms with Crippen LogP contribution < -0.4 is 4.74 Å². The number of benzene rings is 1. The Bertz CT molecular complexity index is 283. The third-order valence-electron chi connectivity index (χ3n) is 1.86. The van der Waals surface area contributed by atoms with Crippen LogP contribution in [0.15, 0.2) is 18.2 Å². The molecule has 0 fully saturated rings. The van der Waals surface area contributed by atoms with E-state index in [0.717, 1.165) is 17.7 Å². The van der Waals surface area contributed by atoms with Gasteiger partial charge >= 0.3 is 0 Å². The standard InChI is InChI=1S/C9H9FO/c1-6-4-7-5-8(10)2-3-9(7)11-6/h2-3,5-6H,4H2,1H3. The minimum absolute atomic E-state index is 0.179. The quantitative estimate of drug-likeness (QED) is 0.553. The van der Waals surface area contributed by atoms with Crippen molar-refractivity contribution in [1.29, 1.82) is 0 Å². The molecule has 1 aromatic carbocycles. The zero-order valence-electron chi connectivity index (χ0n) is 6.30. The highest BCUT2D eigenvalue weighted by Gasteiger charge is 2.18. The number of ether oxygens (including phenoxy) is 1. The van der Waals surface area contributed by atoms with E-state index in [1.807, 2.05) is 6.92 Å². The van der Waals surface area contributed by atoms with Gasteiger partial charge in [0.2, 0.25) is 0 Å². The fourth-order valence-corrected chi connectivity index (χ4v) is 1.39. The van der Waals surface area contributed by atoms with Gasteiger partial charge in [-0.05, 0) is 25.1 Å². The topological polar surface area (TPSA) is 9.23 Å². The lowest BCUT2D eigenvalue weighted by Crippen LogP contribution is -2.05. The predicted molar refractivity (Wildman–Crippen MR) is 40.2 cm³/mol. The molecule has 1 unspecified atom stereocenters. The van der Waals surface area contributed by atoms with Gasteiger partial charge in [-0.3, -0.25) is 0 Å². The molecule has 0 saturated heterocycles. The van der Waals surface area contributed by atoms with Crippen molar-refractivity contribution in [2.45, 2.75) is 19.4 Å². The Labute approximate surface area is 64.8 Å². The first-order chi connectivity index (χ1) is 5.25. The minimum Gasteiger partial charge on any atom is -0.490 e. The molecular weight excluding hydrogens is 143 g/mol. The van der Waals surface area contributed by atoms with E-state index in [1.54, 1.807) is 12.1 Å². The summed E-state index contributed by atoms with van der Waals surface area (Å²) in [7, 11) is 0. The van der Waals surface area contributed by atoms with Gasteiger partial charge < -0.3 is 4.74 Å². The van der Waals surface area contributed by atoms with Crippen LogP contribution in [0.5, 0.6) is 5.75 Å². The van der Waals surface area contributed by atoms with E-state index in [4.69, 9.17) is 4.74 Å². The molecule has 1 aliphatic heterocycles. The molecule has 11 heavy (non-hydrogen) atoms. The Balaban J connectivity index is 2.43. The van der Waals surface area contributed by atoms with Crippen LogP contribution in [0.3, 0.4) is 0 Å². The van der Waals surface area contributed by atoms with Gasteiger partial charge in [0.1, 0.15) is 17.7 Å². The molecule has 0 spiro atoms. The maximum absolute atomic E-state index is 12.6. The Morgan fingerprint density at radius 1 is 1.55 bits per heavy atom. The van der Waals surface area contributed by atoms with Gasteiger partial charge in [-0.1, -0.05) is 0 Å². The second-order valence-corrected chi connectivity index (χ2v) is 2.88. The molecule has 1 atom stereocenters. The molecule has 58 valence electrons. The zero-order chi connectivity index (χ0) is 7.84. The maximum Gasteiger partial charge on any atom is 0.123 e. The number of halogens is 1. The van der Waals surface area contributed by atoms with Gasteiger partial charge in [-0.2, -0.15) is 0 Å². The molecule has 1 nitrogen and oxygen atoms in total. The second-order valence-electron chi connectivity index (χ2n) is 2.88. The normalized spacial score (nSPS) is 21.1. The number of rotatable bonds is 0. The van der Waals surface area contributed by atoms with E-state index in [1.165, 1.54) is 6.07 Å². The van der Waals surface area contributed by atoms with Crippen LogP contribution in [0.4, 0.5) is 4.39 Å². The summed E-state index contributed by atoms with van der Waals surface area (Å²) in [6, 6.07) is 4.66. The van der Waals surface area contributed by atoms with Gasteiger partial charge in [0.25, 0.3) is 0 Å². The lowest BCUT2D eigenvalue weighted by Gasteiger charge is -2.00. The monoisotopic (exact) mass is 152 g/mol. The molecule has 0 amide bonds. The van der Waals surface area contributed by atoms with Crippen LogP contribution in [0.2, 0.25) is 0 Å². The third-order valence-corrected chi connectivity index (χ3v) is 1.86. The summed E-state index contributed by atoms with van der Waals surface area (Å²) >= 11 is 0. The predicted octanol–water partition coefficient (Wildman–Crippen LogP) is 2.15. The van der Waals surface area contributed by atoms with E-state index in [-0.39, 0.29) is 11.9 Å². The lowest BCUT2D eigenvalue weighted by molar-refractivity contribution is 0.254. The number of fused-ring (bicyclic) bond motifs is 1. The van der Waals surface area contributed by atoms with E-state index in [9.17, 15) is 4.39 Å². The average Bonchev–Trinajstić information content (AvgIpc) is 2.27. The highest BCUT2D eigenvalue weighted by atomic mass is 19.1. The smallest absolute Gasteiger partial charge is 0.123 e. The van der Waals surface area contributed by atoms with Crippen molar-refractivity contribution in [1.82, 2.24) is 0 Å². The number of hydrogen-bond donors (Lipinski definition) is 0. The van der Waals surface area contributed by atoms with E-state index < -0.39 is 0 Å². The molecule has 2 rings (SSSR count). The largest absolute Gasteiger partial charge is 0.490 e. The molecule has 0 N–H and O–H groups in total. The Morgan fingerprint density at radius 3 is 3.18 bits per heavy atom. The highest BCUT2D eigenvalue weighted by molar-refractivity contribution is 5.37. The highest BCUT2D eigenvalue weighted by Crippen LogP contribution is 2.28. The van der Waals surface area contributed by atoms with E-state index in [0.29, 0.717) is 0 Å².